The van der Waals surface area contributed by atoms with E-state index in [4.69, 9.17) is 0 Å². The monoisotopic (exact) mass is 477 g/mol. The lowest BCUT2D eigenvalue weighted by atomic mass is 10.2. The number of amides is 1. The summed E-state index contributed by atoms with van der Waals surface area (Å²) in [6.45, 7) is 0.204. The van der Waals surface area contributed by atoms with Crippen LogP contribution in [-0.2, 0) is 12.7 Å². The molecule has 11 heteroatoms. The number of imidazole rings is 1. The largest absolute Gasteiger partial charge is 0.416 e. The maximum atomic E-state index is 13.2. The zero-order valence-electron chi connectivity index (χ0n) is 18.1. The van der Waals surface area contributed by atoms with Gasteiger partial charge in [0.1, 0.15) is 17.7 Å². The highest BCUT2D eigenvalue weighted by Crippen LogP contribution is 2.31. The van der Waals surface area contributed by atoms with Gasteiger partial charge in [-0.2, -0.15) is 18.3 Å². The minimum Gasteiger partial charge on any atom is -0.348 e. The lowest BCUT2D eigenvalue weighted by Crippen LogP contribution is -2.24. The van der Waals surface area contributed by atoms with Crippen molar-refractivity contribution in [3.8, 4) is 17.3 Å². The number of aromatic nitrogens is 6. The summed E-state index contributed by atoms with van der Waals surface area (Å²) in [4.78, 5) is 21.4. The molecule has 176 valence electrons. The van der Waals surface area contributed by atoms with E-state index in [1.54, 1.807) is 64.6 Å². The highest BCUT2D eigenvalue weighted by molar-refractivity contribution is 5.97. The number of carbonyl (C=O) groups excluding carboxylic acids is 1. The Bertz CT molecular complexity index is 1440. The first kappa shape index (κ1) is 22.1. The van der Waals surface area contributed by atoms with E-state index in [0.29, 0.717) is 11.6 Å². The number of halogens is 3. The first-order valence-electron chi connectivity index (χ1n) is 10.5. The van der Waals surface area contributed by atoms with E-state index in [-0.39, 0.29) is 17.8 Å². The summed E-state index contributed by atoms with van der Waals surface area (Å²) in [5, 5.41) is 7.06. The first-order valence-corrected chi connectivity index (χ1v) is 10.5. The van der Waals surface area contributed by atoms with Gasteiger partial charge >= 0.3 is 6.18 Å². The molecule has 1 aromatic carbocycles. The number of nitrogens with one attached hydrogen (secondary N) is 1. The number of nitrogens with zero attached hydrogens (tertiary/aromatic N) is 6. The van der Waals surface area contributed by atoms with Gasteiger partial charge in [0.2, 0.25) is 0 Å². The van der Waals surface area contributed by atoms with Crippen molar-refractivity contribution in [1.82, 2.24) is 34.2 Å². The summed E-state index contributed by atoms with van der Waals surface area (Å²) in [6.07, 6.45) is 6.92. The molecular weight excluding hydrogens is 459 g/mol. The Balaban J connectivity index is 1.41. The van der Waals surface area contributed by atoms with Gasteiger partial charge in [-0.05, 0) is 42.0 Å². The van der Waals surface area contributed by atoms with Crippen molar-refractivity contribution in [2.24, 2.45) is 0 Å². The topological polar surface area (TPSA) is 82.6 Å². The smallest absolute Gasteiger partial charge is 0.348 e. The van der Waals surface area contributed by atoms with Crippen molar-refractivity contribution in [2.75, 3.05) is 0 Å². The second-order valence-corrected chi connectivity index (χ2v) is 7.61. The Morgan fingerprint density at radius 1 is 0.971 bits per heavy atom. The molecule has 0 saturated heterocycles. The predicted octanol–water partition coefficient (Wildman–Crippen LogP) is 4.19. The Labute approximate surface area is 197 Å². The fraction of sp³-hybridized carbons (Fsp3) is 0.0833. The van der Waals surface area contributed by atoms with Crippen LogP contribution in [0, 0.1) is 0 Å². The number of hydrogen-bond acceptors (Lipinski definition) is 4. The van der Waals surface area contributed by atoms with Crippen molar-refractivity contribution in [3.63, 3.8) is 0 Å². The van der Waals surface area contributed by atoms with Crippen LogP contribution in [0.1, 0.15) is 21.5 Å². The average Bonchev–Trinajstić information content (AvgIpc) is 3.63. The van der Waals surface area contributed by atoms with Crippen molar-refractivity contribution in [2.45, 2.75) is 12.7 Å². The summed E-state index contributed by atoms with van der Waals surface area (Å²) in [5.74, 6) is 0.584. The number of hydrogen-bond donors (Lipinski definition) is 1. The fourth-order valence-corrected chi connectivity index (χ4v) is 3.58. The van der Waals surface area contributed by atoms with E-state index >= 15 is 0 Å². The van der Waals surface area contributed by atoms with Crippen LogP contribution in [0.4, 0.5) is 13.2 Å². The van der Waals surface area contributed by atoms with E-state index in [2.05, 4.69) is 20.4 Å². The third-order valence-corrected chi connectivity index (χ3v) is 5.29. The van der Waals surface area contributed by atoms with Gasteiger partial charge in [0.15, 0.2) is 5.82 Å². The zero-order chi connectivity index (χ0) is 24.4. The Morgan fingerprint density at radius 3 is 2.49 bits per heavy atom. The van der Waals surface area contributed by atoms with Crippen LogP contribution in [0.2, 0.25) is 0 Å². The van der Waals surface area contributed by atoms with Gasteiger partial charge in [-0.1, -0.05) is 12.1 Å². The van der Waals surface area contributed by atoms with Crippen LogP contribution in [0.15, 0.2) is 92.0 Å². The summed E-state index contributed by atoms with van der Waals surface area (Å²) in [6, 6.07) is 11.9. The quantitative estimate of drug-likeness (QED) is 0.398. The minimum absolute atomic E-state index is 0.182. The van der Waals surface area contributed by atoms with E-state index in [1.807, 2.05) is 6.07 Å². The molecule has 0 aliphatic heterocycles. The molecule has 35 heavy (non-hydrogen) atoms. The number of alkyl halides is 3. The van der Waals surface area contributed by atoms with Crippen molar-refractivity contribution >= 4 is 5.91 Å². The SMILES string of the molecule is O=C(NCc1ccc(-n2ccnc2)nc1)c1cnn(-c2cccc(C(F)(F)F)c2)c1-n1cccc1. The van der Waals surface area contributed by atoms with Crippen LogP contribution in [-0.4, -0.2) is 34.8 Å². The van der Waals surface area contributed by atoms with Crippen molar-refractivity contribution in [3.05, 3.63) is 109 Å². The highest BCUT2D eigenvalue weighted by Gasteiger charge is 2.31. The molecular formula is C24H18F3N7O. The number of rotatable bonds is 6. The molecule has 0 fully saturated rings. The standard InChI is InChI=1S/C24H18F3N7O/c25-24(26,27)18-4-3-5-19(12-18)34-23(32-9-1-2-10-32)20(15-31-34)22(35)30-14-17-6-7-21(29-13-17)33-11-8-28-16-33/h1-13,15-16H,14H2,(H,30,35). The molecule has 0 spiro atoms. The molecule has 1 amide bonds. The van der Waals surface area contributed by atoms with Gasteiger partial charge in [-0.15, -0.1) is 0 Å². The maximum absolute atomic E-state index is 13.2. The second kappa shape index (κ2) is 8.93. The highest BCUT2D eigenvalue weighted by atomic mass is 19.4. The molecule has 0 aliphatic carbocycles. The van der Waals surface area contributed by atoms with Crippen LogP contribution < -0.4 is 5.32 Å². The lowest BCUT2D eigenvalue weighted by Gasteiger charge is -2.13. The molecule has 0 saturated carbocycles. The van der Waals surface area contributed by atoms with Gasteiger partial charge < -0.3 is 9.88 Å². The average molecular weight is 477 g/mol. The van der Waals surface area contributed by atoms with Gasteiger partial charge in [0.05, 0.1) is 17.4 Å². The van der Waals surface area contributed by atoms with Gasteiger partial charge in [0, 0.05) is 37.5 Å². The van der Waals surface area contributed by atoms with E-state index in [9.17, 15) is 18.0 Å². The predicted molar refractivity (Wildman–Crippen MR) is 120 cm³/mol. The van der Waals surface area contributed by atoms with Crippen LogP contribution in [0.5, 0.6) is 0 Å². The summed E-state index contributed by atoms with van der Waals surface area (Å²) < 4.78 is 44.4. The third-order valence-electron chi connectivity index (χ3n) is 5.29. The van der Waals surface area contributed by atoms with Crippen LogP contribution >= 0.6 is 0 Å². The summed E-state index contributed by atoms with van der Waals surface area (Å²) in [5.41, 5.74) is 0.361. The molecule has 8 nitrogen and oxygen atoms in total. The molecule has 0 radical (unpaired) electrons. The van der Waals surface area contributed by atoms with Crippen LogP contribution in [0.3, 0.4) is 0 Å². The van der Waals surface area contributed by atoms with Gasteiger partial charge in [-0.25, -0.2) is 14.6 Å². The molecule has 5 rings (SSSR count). The Hall–Kier alpha value is -4.67. The molecule has 0 atom stereocenters. The Kier molecular flexibility index (Phi) is 5.65. The number of benzene rings is 1. The maximum Gasteiger partial charge on any atom is 0.416 e. The number of pyridine rings is 1. The molecule has 0 unspecified atom stereocenters. The molecule has 4 heterocycles. The zero-order valence-corrected chi connectivity index (χ0v) is 18.1. The molecule has 0 bridgehead atoms. The summed E-state index contributed by atoms with van der Waals surface area (Å²) >= 11 is 0. The molecule has 1 N–H and O–H groups in total. The molecule has 5 aromatic rings. The molecule has 4 aromatic heterocycles. The lowest BCUT2D eigenvalue weighted by molar-refractivity contribution is -0.137. The first-order chi connectivity index (χ1) is 16.9. The van der Waals surface area contributed by atoms with Crippen molar-refractivity contribution in [1.29, 1.82) is 0 Å². The van der Waals surface area contributed by atoms with Gasteiger partial charge in [0.25, 0.3) is 5.91 Å². The van der Waals surface area contributed by atoms with E-state index in [1.165, 1.54) is 23.0 Å². The third kappa shape index (κ3) is 4.56. The van der Waals surface area contributed by atoms with Crippen LogP contribution in [0.25, 0.3) is 17.3 Å². The second-order valence-electron chi connectivity index (χ2n) is 7.61. The van der Waals surface area contributed by atoms with Gasteiger partial charge in [-0.3, -0.25) is 9.36 Å². The summed E-state index contributed by atoms with van der Waals surface area (Å²) in [7, 11) is 0. The molecule has 0 aliphatic rings. The Morgan fingerprint density at radius 2 is 1.80 bits per heavy atom. The minimum atomic E-state index is -4.50. The van der Waals surface area contributed by atoms with E-state index in [0.717, 1.165) is 17.7 Å². The van der Waals surface area contributed by atoms with E-state index < -0.39 is 17.6 Å². The fourth-order valence-electron chi connectivity index (χ4n) is 3.58. The number of carbonyl (C=O) groups is 1. The van der Waals surface area contributed by atoms with Crippen molar-refractivity contribution < 1.29 is 18.0 Å². The normalized spacial score (nSPS) is 11.5.